The molecule has 0 radical (unpaired) electrons. The highest BCUT2D eigenvalue weighted by molar-refractivity contribution is 5.98. The fraction of sp³-hybridized carbons (Fsp3) is 0.300. The quantitative estimate of drug-likeness (QED) is 0.684. The van der Waals surface area contributed by atoms with E-state index in [9.17, 15) is 14.0 Å². The van der Waals surface area contributed by atoms with Crippen molar-refractivity contribution in [2.75, 3.05) is 13.7 Å². The molecule has 0 aliphatic carbocycles. The SMILES string of the molecule is CCOc1ccc(C(=O)CCC(=O)N(C)Cc2ccc(F)cc2)cc1. The molecule has 0 bridgehead atoms. The lowest BCUT2D eigenvalue weighted by molar-refractivity contribution is -0.130. The number of hydrogen-bond donors (Lipinski definition) is 0. The molecule has 0 unspecified atom stereocenters. The third-order valence-electron chi connectivity index (χ3n) is 3.81. The molecule has 0 aliphatic heterocycles. The summed E-state index contributed by atoms with van der Waals surface area (Å²) in [5.74, 6) is 0.211. The molecule has 0 spiro atoms. The summed E-state index contributed by atoms with van der Waals surface area (Å²) in [5.41, 5.74) is 1.41. The van der Waals surface area contributed by atoms with Crippen molar-refractivity contribution >= 4 is 11.7 Å². The molecule has 0 aromatic heterocycles. The van der Waals surface area contributed by atoms with E-state index in [0.29, 0.717) is 24.5 Å². The lowest BCUT2D eigenvalue weighted by Gasteiger charge is -2.17. The first kappa shape index (κ1) is 18.6. The second kappa shape index (κ2) is 8.97. The number of amides is 1. The summed E-state index contributed by atoms with van der Waals surface area (Å²) in [6.45, 7) is 2.85. The molecule has 4 nitrogen and oxygen atoms in total. The van der Waals surface area contributed by atoms with E-state index in [1.807, 2.05) is 6.92 Å². The van der Waals surface area contributed by atoms with Crippen molar-refractivity contribution in [1.82, 2.24) is 4.90 Å². The van der Waals surface area contributed by atoms with Crippen LogP contribution < -0.4 is 4.74 Å². The second-order valence-electron chi connectivity index (χ2n) is 5.76. The van der Waals surface area contributed by atoms with Crippen LogP contribution in [0, 0.1) is 5.82 Å². The first-order chi connectivity index (χ1) is 12.0. The summed E-state index contributed by atoms with van der Waals surface area (Å²) < 4.78 is 18.2. The number of ketones is 1. The van der Waals surface area contributed by atoms with E-state index in [0.717, 1.165) is 5.56 Å². The molecule has 1 amide bonds. The van der Waals surface area contributed by atoms with Crippen LogP contribution in [0.25, 0.3) is 0 Å². The van der Waals surface area contributed by atoms with E-state index in [-0.39, 0.29) is 30.3 Å². The first-order valence-corrected chi connectivity index (χ1v) is 8.24. The van der Waals surface area contributed by atoms with Crippen LogP contribution in [0.5, 0.6) is 5.75 Å². The Balaban J connectivity index is 1.83. The zero-order valence-corrected chi connectivity index (χ0v) is 14.5. The molecule has 0 aliphatic rings. The first-order valence-electron chi connectivity index (χ1n) is 8.24. The number of rotatable bonds is 8. The average molecular weight is 343 g/mol. The van der Waals surface area contributed by atoms with Crippen molar-refractivity contribution < 1.29 is 18.7 Å². The summed E-state index contributed by atoms with van der Waals surface area (Å²) in [4.78, 5) is 25.9. The maximum atomic E-state index is 12.9. The minimum atomic E-state index is -0.307. The van der Waals surface area contributed by atoms with Crippen LogP contribution in [0.4, 0.5) is 4.39 Å². The molecule has 0 N–H and O–H groups in total. The molecule has 2 rings (SSSR count). The smallest absolute Gasteiger partial charge is 0.223 e. The van der Waals surface area contributed by atoms with Crippen LogP contribution in [-0.2, 0) is 11.3 Å². The number of carbonyl (C=O) groups excluding carboxylic acids is 2. The molecule has 0 saturated heterocycles. The molecule has 5 heteroatoms. The van der Waals surface area contributed by atoms with Gasteiger partial charge in [0.1, 0.15) is 11.6 Å². The zero-order valence-electron chi connectivity index (χ0n) is 14.5. The maximum Gasteiger partial charge on any atom is 0.223 e. The van der Waals surface area contributed by atoms with Gasteiger partial charge in [-0.05, 0) is 48.9 Å². The Morgan fingerprint density at radius 3 is 2.24 bits per heavy atom. The molecule has 0 atom stereocenters. The summed E-state index contributed by atoms with van der Waals surface area (Å²) in [6.07, 6.45) is 0.296. The fourth-order valence-corrected chi connectivity index (χ4v) is 2.41. The van der Waals surface area contributed by atoms with Crippen molar-refractivity contribution in [1.29, 1.82) is 0 Å². The molecular formula is C20H22FNO3. The Kier molecular flexibility index (Phi) is 6.69. The van der Waals surface area contributed by atoms with Crippen molar-refractivity contribution in [2.24, 2.45) is 0 Å². The molecule has 2 aromatic rings. The van der Waals surface area contributed by atoms with Crippen molar-refractivity contribution in [3.63, 3.8) is 0 Å². The summed E-state index contributed by atoms with van der Waals surface area (Å²) >= 11 is 0. The van der Waals surface area contributed by atoms with E-state index in [2.05, 4.69) is 0 Å². The van der Waals surface area contributed by atoms with Crippen LogP contribution in [0.15, 0.2) is 48.5 Å². The van der Waals surface area contributed by atoms with Crippen molar-refractivity contribution in [3.05, 3.63) is 65.5 Å². The second-order valence-corrected chi connectivity index (χ2v) is 5.76. The highest BCUT2D eigenvalue weighted by atomic mass is 19.1. The zero-order chi connectivity index (χ0) is 18.2. The molecule has 2 aromatic carbocycles. The molecule has 25 heavy (non-hydrogen) atoms. The van der Waals surface area contributed by atoms with E-state index in [1.54, 1.807) is 48.3 Å². The predicted octanol–water partition coefficient (Wildman–Crippen LogP) is 3.85. The van der Waals surface area contributed by atoms with Crippen molar-refractivity contribution in [2.45, 2.75) is 26.3 Å². The monoisotopic (exact) mass is 343 g/mol. The van der Waals surface area contributed by atoms with Crippen LogP contribution in [-0.4, -0.2) is 30.2 Å². The summed E-state index contributed by atoms with van der Waals surface area (Å²) in [5, 5.41) is 0. The number of ether oxygens (including phenoxy) is 1. The Morgan fingerprint density at radius 1 is 1.00 bits per heavy atom. The van der Waals surface area contributed by atoms with E-state index < -0.39 is 0 Å². The molecule has 132 valence electrons. The Morgan fingerprint density at radius 2 is 1.64 bits per heavy atom. The van der Waals surface area contributed by atoms with Gasteiger partial charge in [-0.2, -0.15) is 0 Å². The van der Waals surface area contributed by atoms with Gasteiger partial charge in [0, 0.05) is 32.0 Å². The largest absolute Gasteiger partial charge is 0.494 e. The standard InChI is InChI=1S/C20H22FNO3/c1-3-25-18-10-6-16(7-11-18)19(23)12-13-20(24)22(2)14-15-4-8-17(21)9-5-15/h4-11H,3,12-14H2,1-2H3. The predicted molar refractivity (Wildman–Crippen MR) is 94.0 cm³/mol. The minimum absolute atomic E-state index is 0.0772. The van der Waals surface area contributed by atoms with Crippen LogP contribution in [0.2, 0.25) is 0 Å². The van der Waals surface area contributed by atoms with E-state index in [1.165, 1.54) is 12.1 Å². The van der Waals surface area contributed by atoms with Crippen LogP contribution in [0.1, 0.15) is 35.7 Å². The maximum absolute atomic E-state index is 12.9. The third-order valence-corrected chi connectivity index (χ3v) is 3.81. The van der Waals surface area contributed by atoms with Gasteiger partial charge in [0.15, 0.2) is 5.78 Å². The summed E-state index contributed by atoms with van der Waals surface area (Å²) in [6, 6.07) is 12.9. The van der Waals surface area contributed by atoms with Gasteiger partial charge in [0.2, 0.25) is 5.91 Å². The number of halogens is 1. The fourth-order valence-electron chi connectivity index (χ4n) is 2.41. The third kappa shape index (κ3) is 5.71. The van der Waals surface area contributed by atoms with Gasteiger partial charge in [0.05, 0.1) is 6.61 Å². The van der Waals surface area contributed by atoms with Crippen molar-refractivity contribution in [3.8, 4) is 5.75 Å². The number of carbonyl (C=O) groups is 2. The number of benzene rings is 2. The van der Waals surface area contributed by atoms with Gasteiger partial charge in [0.25, 0.3) is 0 Å². The lowest BCUT2D eigenvalue weighted by atomic mass is 10.1. The van der Waals surface area contributed by atoms with Gasteiger partial charge in [-0.15, -0.1) is 0 Å². The summed E-state index contributed by atoms with van der Waals surface area (Å²) in [7, 11) is 1.67. The topological polar surface area (TPSA) is 46.6 Å². The van der Waals surface area contributed by atoms with Gasteiger partial charge < -0.3 is 9.64 Å². The Bertz CT molecular complexity index is 711. The molecule has 0 fully saturated rings. The highest BCUT2D eigenvalue weighted by Gasteiger charge is 2.13. The van der Waals surface area contributed by atoms with E-state index in [4.69, 9.17) is 4.74 Å². The van der Waals surface area contributed by atoms with Gasteiger partial charge >= 0.3 is 0 Å². The molecule has 0 saturated carbocycles. The normalized spacial score (nSPS) is 10.4. The molecule has 0 heterocycles. The molecular weight excluding hydrogens is 321 g/mol. The number of nitrogens with zero attached hydrogens (tertiary/aromatic N) is 1. The lowest BCUT2D eigenvalue weighted by Crippen LogP contribution is -2.26. The Labute approximate surface area is 147 Å². The van der Waals surface area contributed by atoms with Crippen LogP contribution in [0.3, 0.4) is 0 Å². The van der Waals surface area contributed by atoms with Crippen LogP contribution >= 0.6 is 0 Å². The van der Waals surface area contributed by atoms with Gasteiger partial charge in [-0.3, -0.25) is 9.59 Å². The number of Topliss-reactive ketones (excluding diaryl/α,β-unsaturated/α-hetero) is 1. The minimum Gasteiger partial charge on any atom is -0.494 e. The van der Waals surface area contributed by atoms with Gasteiger partial charge in [-0.25, -0.2) is 4.39 Å². The highest BCUT2D eigenvalue weighted by Crippen LogP contribution is 2.14. The van der Waals surface area contributed by atoms with Gasteiger partial charge in [-0.1, -0.05) is 12.1 Å². The number of hydrogen-bond acceptors (Lipinski definition) is 3. The van der Waals surface area contributed by atoms with E-state index >= 15 is 0 Å². The average Bonchev–Trinajstić information content (AvgIpc) is 2.62. The Hall–Kier alpha value is -2.69.